The van der Waals surface area contributed by atoms with E-state index in [0.717, 1.165) is 16.7 Å². The molecule has 0 saturated carbocycles. The monoisotopic (exact) mass is 389 g/mol. The van der Waals surface area contributed by atoms with Crippen LogP contribution in [0.4, 0.5) is 5.69 Å². The van der Waals surface area contributed by atoms with E-state index in [1.807, 2.05) is 6.07 Å². The van der Waals surface area contributed by atoms with Crippen molar-refractivity contribution in [3.8, 4) is 6.07 Å². The van der Waals surface area contributed by atoms with Crippen LogP contribution < -0.4 is 10.0 Å². The highest BCUT2D eigenvalue weighted by Crippen LogP contribution is 2.26. The number of carbonyl (C=O) groups is 2. The first-order chi connectivity index (χ1) is 12.6. The summed E-state index contributed by atoms with van der Waals surface area (Å²) in [5, 5.41) is 23.1. The second kappa shape index (κ2) is 10.3. The molecular weight excluding hydrogens is 374 g/mol. The lowest BCUT2D eigenvalue weighted by Gasteiger charge is -2.10. The van der Waals surface area contributed by atoms with Gasteiger partial charge in [0.25, 0.3) is 10.9 Å². The van der Waals surface area contributed by atoms with Gasteiger partial charge in [-0.3, -0.25) is 9.59 Å². The maximum atomic E-state index is 11.9. The van der Waals surface area contributed by atoms with Crippen molar-refractivity contribution in [1.82, 2.24) is 0 Å². The molecule has 7 nitrogen and oxygen atoms in total. The number of carbonyl (C=O) groups excluding carboxylic acids is 2. The van der Waals surface area contributed by atoms with E-state index in [0.29, 0.717) is 15.4 Å². The Morgan fingerprint density at radius 2 is 1.96 bits per heavy atom. The summed E-state index contributed by atoms with van der Waals surface area (Å²) in [6, 6.07) is 14.0. The largest absolute Gasteiger partial charge is 0.618 e. The molecule has 134 valence electrons. The van der Waals surface area contributed by atoms with Crippen molar-refractivity contribution in [3.05, 3.63) is 53.9 Å². The van der Waals surface area contributed by atoms with E-state index in [1.54, 1.807) is 42.5 Å². The fraction of sp³-hybridized carbons (Fsp3) is 0.176. The molecule has 0 aliphatic carbocycles. The molecule has 1 N–H and O–H groups in total. The molecule has 0 unspecified atom stereocenters. The van der Waals surface area contributed by atoms with Gasteiger partial charge >= 0.3 is 5.97 Å². The van der Waals surface area contributed by atoms with E-state index in [2.05, 4.69) is 5.32 Å². The number of anilines is 1. The van der Waals surface area contributed by atoms with Gasteiger partial charge in [0.2, 0.25) is 0 Å². The highest BCUT2D eigenvalue weighted by molar-refractivity contribution is 8.00. The van der Waals surface area contributed by atoms with Crippen LogP contribution in [0.5, 0.6) is 0 Å². The summed E-state index contributed by atoms with van der Waals surface area (Å²) < 4.78 is 5.57. The molecule has 0 bridgehead atoms. The molecule has 0 saturated heterocycles. The maximum absolute atomic E-state index is 11.9. The van der Waals surface area contributed by atoms with Crippen molar-refractivity contribution in [2.45, 2.75) is 9.92 Å². The van der Waals surface area contributed by atoms with Gasteiger partial charge < -0.3 is 15.3 Å². The average Bonchev–Trinajstić information content (AvgIpc) is 2.65. The quantitative estimate of drug-likeness (QED) is 0.319. The van der Waals surface area contributed by atoms with Crippen LogP contribution in [0.2, 0.25) is 0 Å². The van der Waals surface area contributed by atoms with Crippen LogP contribution in [0.15, 0.2) is 58.6 Å². The number of ether oxygens (including phenoxy) is 1. The van der Waals surface area contributed by atoms with Gasteiger partial charge in [0.1, 0.15) is 5.75 Å². The van der Waals surface area contributed by atoms with Crippen molar-refractivity contribution >= 4 is 41.1 Å². The number of hydrogen-bond donors (Lipinski definition) is 1. The highest BCUT2D eigenvalue weighted by Gasteiger charge is 2.13. The Morgan fingerprint density at radius 1 is 1.19 bits per heavy atom. The normalized spacial score (nSPS) is 9.96. The second-order valence-electron chi connectivity index (χ2n) is 4.81. The predicted octanol–water partition coefficient (Wildman–Crippen LogP) is 2.21. The lowest BCUT2D eigenvalue weighted by atomic mass is 10.3. The van der Waals surface area contributed by atoms with Crippen molar-refractivity contribution in [2.24, 2.45) is 0 Å². The Morgan fingerprint density at radius 3 is 2.73 bits per heavy atom. The predicted molar refractivity (Wildman–Crippen MR) is 98.5 cm³/mol. The first-order valence-electron chi connectivity index (χ1n) is 7.45. The molecule has 9 heteroatoms. The number of para-hydroxylation sites is 1. The number of amides is 1. The van der Waals surface area contributed by atoms with Gasteiger partial charge in [-0.2, -0.15) is 9.99 Å². The highest BCUT2D eigenvalue weighted by atomic mass is 32.2. The van der Waals surface area contributed by atoms with Crippen LogP contribution >= 0.6 is 23.5 Å². The van der Waals surface area contributed by atoms with Crippen molar-refractivity contribution in [1.29, 1.82) is 5.26 Å². The summed E-state index contributed by atoms with van der Waals surface area (Å²) >= 11 is 2.33. The number of pyridine rings is 1. The van der Waals surface area contributed by atoms with Crippen LogP contribution in [0.1, 0.15) is 0 Å². The smallest absolute Gasteiger partial charge is 0.317 e. The van der Waals surface area contributed by atoms with Crippen LogP contribution in [-0.4, -0.2) is 30.0 Å². The zero-order chi connectivity index (χ0) is 18.8. The lowest BCUT2D eigenvalue weighted by Crippen LogP contribution is -2.28. The second-order valence-corrected chi connectivity index (χ2v) is 6.82. The van der Waals surface area contributed by atoms with Crippen molar-refractivity contribution in [2.75, 3.05) is 23.4 Å². The number of rotatable bonds is 8. The molecule has 0 atom stereocenters. The zero-order valence-corrected chi connectivity index (χ0v) is 15.2. The summed E-state index contributed by atoms with van der Waals surface area (Å²) in [6.45, 7) is -0.428. The van der Waals surface area contributed by atoms with E-state index >= 15 is 0 Å². The number of hydrogen-bond acceptors (Lipinski definition) is 7. The van der Waals surface area contributed by atoms with Crippen LogP contribution in [-0.2, 0) is 14.3 Å². The number of nitriles is 1. The minimum absolute atomic E-state index is 0.0753. The molecule has 1 aromatic heterocycles. The molecule has 0 spiro atoms. The molecule has 1 heterocycles. The summed E-state index contributed by atoms with van der Waals surface area (Å²) in [5.74, 6) is -0.889. The molecular formula is C17H15N3O4S2. The zero-order valence-electron chi connectivity index (χ0n) is 13.6. The maximum Gasteiger partial charge on any atom is 0.317 e. The number of nitrogens with zero attached hydrogens (tertiary/aromatic N) is 2. The molecule has 0 aliphatic rings. The Kier molecular flexibility index (Phi) is 7.79. The van der Waals surface area contributed by atoms with Gasteiger partial charge in [-0.1, -0.05) is 12.1 Å². The molecule has 1 amide bonds. The number of benzene rings is 1. The number of thioether (sulfide) groups is 2. The van der Waals surface area contributed by atoms with Crippen LogP contribution in [0.25, 0.3) is 0 Å². The van der Waals surface area contributed by atoms with Gasteiger partial charge in [-0.25, -0.2) is 0 Å². The van der Waals surface area contributed by atoms with E-state index in [4.69, 9.17) is 10.00 Å². The molecule has 0 aliphatic heterocycles. The van der Waals surface area contributed by atoms with Crippen molar-refractivity contribution in [3.63, 3.8) is 0 Å². The third-order valence-electron chi connectivity index (χ3n) is 2.94. The molecule has 1 aromatic carbocycles. The SMILES string of the molecule is N#CCSc1ccccc1NC(=O)COC(=O)CSc1cccc[n+]1[O-]. The first-order valence-corrected chi connectivity index (χ1v) is 9.42. The number of esters is 1. The van der Waals surface area contributed by atoms with Crippen molar-refractivity contribution < 1.29 is 19.1 Å². The Hall–Kier alpha value is -2.70. The first kappa shape index (κ1) is 19.6. The molecule has 0 fully saturated rings. The van der Waals surface area contributed by atoms with E-state index in [1.165, 1.54) is 18.0 Å². The van der Waals surface area contributed by atoms with E-state index in [9.17, 15) is 14.8 Å². The van der Waals surface area contributed by atoms with E-state index in [-0.39, 0.29) is 11.5 Å². The van der Waals surface area contributed by atoms with E-state index < -0.39 is 18.5 Å². The Balaban J connectivity index is 1.79. The molecule has 2 rings (SSSR count). The molecule has 26 heavy (non-hydrogen) atoms. The minimum atomic E-state index is -0.596. The Labute approximate surface area is 158 Å². The summed E-state index contributed by atoms with van der Waals surface area (Å²) in [4.78, 5) is 24.4. The van der Waals surface area contributed by atoms with Gasteiger partial charge in [-0.05, 0) is 30.0 Å². The summed E-state index contributed by atoms with van der Waals surface area (Å²) in [7, 11) is 0. The van der Waals surface area contributed by atoms with Crippen LogP contribution in [0.3, 0.4) is 0 Å². The minimum Gasteiger partial charge on any atom is -0.618 e. The Bertz CT molecular complexity index is 824. The average molecular weight is 389 g/mol. The van der Waals surface area contributed by atoms with Gasteiger partial charge in [0, 0.05) is 17.0 Å². The number of aromatic nitrogens is 1. The van der Waals surface area contributed by atoms with Gasteiger partial charge in [0.15, 0.2) is 12.8 Å². The third-order valence-corrected chi connectivity index (χ3v) is 4.88. The fourth-order valence-corrected chi connectivity index (χ4v) is 3.22. The summed E-state index contributed by atoms with van der Waals surface area (Å²) in [5.41, 5.74) is 0.555. The van der Waals surface area contributed by atoms with Gasteiger partial charge in [0.05, 0.1) is 17.5 Å². The third kappa shape index (κ3) is 6.31. The standard InChI is InChI=1S/C17H15N3O4S2/c18-8-10-25-14-6-2-1-5-13(14)19-15(21)11-24-17(22)12-26-16-7-3-4-9-20(16)23/h1-7,9H,10-12H2,(H,19,21). The lowest BCUT2D eigenvalue weighted by molar-refractivity contribution is -0.645. The number of nitrogens with one attached hydrogen (secondary N) is 1. The summed E-state index contributed by atoms with van der Waals surface area (Å²) in [6.07, 6.45) is 1.34. The van der Waals surface area contributed by atoms with Crippen LogP contribution in [0, 0.1) is 16.5 Å². The fourth-order valence-electron chi connectivity index (χ4n) is 1.84. The molecule has 0 radical (unpaired) electrons. The topological polar surface area (TPSA) is 106 Å². The molecule has 2 aromatic rings. The van der Waals surface area contributed by atoms with Gasteiger partial charge in [-0.15, -0.1) is 11.8 Å².